The molecule has 1 rings (SSSR count). The van der Waals surface area contributed by atoms with Crippen LogP contribution in [0.25, 0.3) is 0 Å². The van der Waals surface area contributed by atoms with E-state index in [-0.39, 0.29) is 18.3 Å². The van der Waals surface area contributed by atoms with Crippen molar-refractivity contribution in [2.24, 2.45) is 11.7 Å². The van der Waals surface area contributed by atoms with Gasteiger partial charge in [0, 0.05) is 6.20 Å². The molecule has 0 aliphatic rings. The van der Waals surface area contributed by atoms with Crippen LogP contribution in [0.5, 0.6) is 0 Å². The lowest BCUT2D eigenvalue weighted by Crippen LogP contribution is -2.40. The van der Waals surface area contributed by atoms with Crippen LogP contribution in [0.15, 0.2) is 17.1 Å². The minimum atomic E-state index is -4.61. The van der Waals surface area contributed by atoms with E-state index in [1.807, 2.05) is 4.98 Å². The number of aromatic amines is 1. The first kappa shape index (κ1) is 18.5. The lowest BCUT2D eigenvalue weighted by atomic mass is 10.0. The molecule has 20 heavy (non-hydrogen) atoms. The Hall–Kier alpha value is -1.54. The lowest BCUT2D eigenvalue weighted by molar-refractivity contribution is -0.137. The van der Waals surface area contributed by atoms with Crippen LogP contribution in [-0.2, 0) is 11.0 Å². The predicted octanol–water partition coefficient (Wildman–Crippen LogP) is 1.74. The summed E-state index contributed by atoms with van der Waals surface area (Å²) in [5, 5.41) is 2.10. The molecule has 1 amide bonds. The first-order valence-electron chi connectivity index (χ1n) is 5.49. The van der Waals surface area contributed by atoms with Crippen molar-refractivity contribution < 1.29 is 18.0 Å². The summed E-state index contributed by atoms with van der Waals surface area (Å²) in [5.41, 5.74) is 3.18. The van der Waals surface area contributed by atoms with Gasteiger partial charge in [-0.25, -0.2) is 0 Å². The zero-order valence-corrected chi connectivity index (χ0v) is 11.6. The Balaban J connectivity index is 0.00000361. The van der Waals surface area contributed by atoms with E-state index < -0.39 is 34.9 Å². The number of hydrogen-bond acceptors (Lipinski definition) is 3. The van der Waals surface area contributed by atoms with Crippen LogP contribution in [0, 0.1) is 5.92 Å². The number of nitrogens with two attached hydrogens (primary N) is 1. The molecule has 0 aliphatic heterocycles. The van der Waals surface area contributed by atoms with Gasteiger partial charge in [0.25, 0.3) is 5.56 Å². The second kappa shape index (κ2) is 6.76. The molecular weight excluding hydrogens is 299 g/mol. The molecule has 1 heterocycles. The van der Waals surface area contributed by atoms with E-state index in [0.29, 0.717) is 12.3 Å². The average Bonchev–Trinajstić information content (AvgIpc) is 2.29. The SMILES string of the molecule is CC(C)[C@H](N)C(=O)Nc1cc(C(F)(F)F)c[nH]c1=O.Cl. The summed E-state index contributed by atoms with van der Waals surface area (Å²) in [5.74, 6) is -0.912. The highest BCUT2D eigenvalue weighted by atomic mass is 35.5. The van der Waals surface area contributed by atoms with E-state index in [4.69, 9.17) is 5.73 Å². The summed E-state index contributed by atoms with van der Waals surface area (Å²) in [6, 6.07) is -0.335. The van der Waals surface area contributed by atoms with Crippen LogP contribution >= 0.6 is 12.4 Å². The highest BCUT2D eigenvalue weighted by molar-refractivity contribution is 5.94. The maximum Gasteiger partial charge on any atom is 0.417 e. The number of nitrogens with one attached hydrogen (secondary N) is 2. The van der Waals surface area contributed by atoms with Crippen molar-refractivity contribution in [3.63, 3.8) is 0 Å². The molecule has 1 atom stereocenters. The highest BCUT2D eigenvalue weighted by Crippen LogP contribution is 2.29. The smallest absolute Gasteiger partial charge is 0.327 e. The van der Waals surface area contributed by atoms with Gasteiger partial charge in [0.05, 0.1) is 11.6 Å². The molecule has 0 aromatic carbocycles. The van der Waals surface area contributed by atoms with Crippen molar-refractivity contribution in [3.8, 4) is 0 Å². The van der Waals surface area contributed by atoms with Crippen LogP contribution in [-0.4, -0.2) is 16.9 Å². The molecule has 0 spiro atoms. The first-order chi connectivity index (χ1) is 8.62. The van der Waals surface area contributed by atoms with Gasteiger partial charge in [-0.05, 0) is 12.0 Å². The minimum absolute atomic E-state index is 0. The first-order valence-corrected chi connectivity index (χ1v) is 5.49. The van der Waals surface area contributed by atoms with Crippen molar-refractivity contribution in [2.75, 3.05) is 5.32 Å². The van der Waals surface area contributed by atoms with Crippen molar-refractivity contribution in [1.29, 1.82) is 0 Å². The zero-order chi connectivity index (χ0) is 14.8. The number of hydrogen-bond donors (Lipinski definition) is 3. The maximum absolute atomic E-state index is 12.5. The van der Waals surface area contributed by atoms with Gasteiger partial charge in [-0.2, -0.15) is 13.2 Å². The van der Waals surface area contributed by atoms with Crippen molar-refractivity contribution >= 4 is 24.0 Å². The summed E-state index contributed by atoms with van der Waals surface area (Å²) in [6.07, 6.45) is -4.07. The number of amides is 1. The van der Waals surface area contributed by atoms with Crippen LogP contribution in [0.1, 0.15) is 19.4 Å². The van der Waals surface area contributed by atoms with Gasteiger partial charge < -0.3 is 16.0 Å². The molecule has 0 radical (unpaired) electrons. The lowest BCUT2D eigenvalue weighted by Gasteiger charge is -2.15. The molecule has 0 fully saturated rings. The molecular formula is C11H15ClF3N3O2. The molecule has 1 aromatic rings. The summed E-state index contributed by atoms with van der Waals surface area (Å²) in [6.45, 7) is 3.36. The van der Waals surface area contributed by atoms with Gasteiger partial charge >= 0.3 is 6.18 Å². The summed E-state index contributed by atoms with van der Waals surface area (Å²) in [4.78, 5) is 24.9. The van der Waals surface area contributed by atoms with E-state index >= 15 is 0 Å². The number of halogens is 4. The van der Waals surface area contributed by atoms with Gasteiger partial charge in [0.1, 0.15) is 5.69 Å². The number of H-pyrrole nitrogens is 1. The number of aromatic nitrogens is 1. The molecule has 4 N–H and O–H groups in total. The Bertz CT molecular complexity index is 528. The van der Waals surface area contributed by atoms with Gasteiger partial charge in [-0.1, -0.05) is 13.8 Å². The molecule has 114 valence electrons. The Morgan fingerprint density at radius 2 is 1.95 bits per heavy atom. The van der Waals surface area contributed by atoms with Gasteiger partial charge in [0.15, 0.2) is 0 Å². The van der Waals surface area contributed by atoms with Crippen LogP contribution in [0.3, 0.4) is 0 Å². The summed E-state index contributed by atoms with van der Waals surface area (Å²) >= 11 is 0. The number of carbonyl (C=O) groups is 1. The zero-order valence-electron chi connectivity index (χ0n) is 10.7. The average molecular weight is 314 g/mol. The van der Waals surface area contributed by atoms with Crippen LogP contribution in [0.4, 0.5) is 18.9 Å². The molecule has 0 unspecified atom stereocenters. The largest absolute Gasteiger partial charge is 0.417 e. The van der Waals surface area contributed by atoms with E-state index in [1.54, 1.807) is 13.8 Å². The Labute approximate surface area is 119 Å². The van der Waals surface area contributed by atoms with E-state index in [1.165, 1.54) is 0 Å². The van der Waals surface area contributed by atoms with E-state index in [2.05, 4.69) is 5.32 Å². The Morgan fingerprint density at radius 1 is 1.40 bits per heavy atom. The van der Waals surface area contributed by atoms with Crippen molar-refractivity contribution in [1.82, 2.24) is 4.98 Å². The number of anilines is 1. The monoisotopic (exact) mass is 313 g/mol. The summed E-state index contributed by atoms with van der Waals surface area (Å²) < 4.78 is 37.4. The van der Waals surface area contributed by atoms with Gasteiger partial charge in [0.2, 0.25) is 5.91 Å². The normalized spacial score (nSPS) is 12.8. The molecule has 9 heteroatoms. The standard InChI is InChI=1S/C11H14F3N3O2.ClH/c1-5(2)8(15)10(19)17-7-3-6(11(12,13)14)4-16-9(7)18;/h3-5,8H,15H2,1-2H3,(H,16,18)(H,17,19);1H/t8-;/m0./s1. The molecule has 5 nitrogen and oxygen atoms in total. The van der Waals surface area contributed by atoms with Gasteiger partial charge in [-0.3, -0.25) is 9.59 Å². The number of carbonyl (C=O) groups excluding carboxylic acids is 1. The number of pyridine rings is 1. The molecule has 0 saturated heterocycles. The van der Waals surface area contributed by atoms with E-state index in [0.717, 1.165) is 0 Å². The van der Waals surface area contributed by atoms with Crippen LogP contribution < -0.4 is 16.6 Å². The third-order valence-corrected chi connectivity index (χ3v) is 2.51. The van der Waals surface area contributed by atoms with Crippen molar-refractivity contribution in [3.05, 3.63) is 28.2 Å². The maximum atomic E-state index is 12.5. The molecule has 0 aliphatic carbocycles. The highest BCUT2D eigenvalue weighted by Gasteiger charge is 2.31. The van der Waals surface area contributed by atoms with Crippen LogP contribution in [0.2, 0.25) is 0 Å². The second-order valence-electron chi connectivity index (χ2n) is 4.39. The fourth-order valence-corrected chi connectivity index (χ4v) is 1.26. The number of rotatable bonds is 3. The Morgan fingerprint density at radius 3 is 2.40 bits per heavy atom. The quantitative estimate of drug-likeness (QED) is 0.794. The molecule has 0 bridgehead atoms. The Kier molecular flexibility index (Phi) is 6.24. The topological polar surface area (TPSA) is 88.0 Å². The summed E-state index contributed by atoms with van der Waals surface area (Å²) in [7, 11) is 0. The third-order valence-electron chi connectivity index (χ3n) is 2.51. The molecule has 0 saturated carbocycles. The van der Waals surface area contributed by atoms with Gasteiger partial charge in [-0.15, -0.1) is 12.4 Å². The fourth-order valence-electron chi connectivity index (χ4n) is 1.26. The van der Waals surface area contributed by atoms with Crippen molar-refractivity contribution in [2.45, 2.75) is 26.1 Å². The third kappa shape index (κ3) is 4.53. The number of alkyl halides is 3. The minimum Gasteiger partial charge on any atom is -0.327 e. The second-order valence-corrected chi connectivity index (χ2v) is 4.39. The predicted molar refractivity (Wildman–Crippen MR) is 70.8 cm³/mol. The molecule has 1 aromatic heterocycles. The van der Waals surface area contributed by atoms with E-state index in [9.17, 15) is 22.8 Å². The fraction of sp³-hybridized carbons (Fsp3) is 0.455.